The van der Waals surface area contributed by atoms with Crippen LogP contribution >= 0.6 is 0 Å². The van der Waals surface area contributed by atoms with Crippen molar-refractivity contribution in [3.05, 3.63) is 18.0 Å². The van der Waals surface area contributed by atoms with Crippen LogP contribution in [-0.2, 0) is 6.61 Å². The number of aliphatic hydroxyl groups excluding tert-OH is 1. The SMILES string of the molecule is CN(CCN1CCCC1)c1ncc(CO)cn1. The maximum absolute atomic E-state index is 8.91. The summed E-state index contributed by atoms with van der Waals surface area (Å²) in [6.07, 6.45) is 6.00. The van der Waals surface area contributed by atoms with E-state index < -0.39 is 0 Å². The first kappa shape index (κ1) is 12.3. The lowest BCUT2D eigenvalue weighted by atomic mass is 10.4. The Hall–Kier alpha value is -1.20. The van der Waals surface area contributed by atoms with Crippen LogP contribution in [0, 0.1) is 0 Å². The summed E-state index contributed by atoms with van der Waals surface area (Å²) < 4.78 is 0. The minimum Gasteiger partial charge on any atom is -0.392 e. The number of likely N-dealkylation sites (N-methyl/N-ethyl adjacent to an activating group) is 1. The summed E-state index contributed by atoms with van der Waals surface area (Å²) in [5.74, 6) is 0.724. The number of likely N-dealkylation sites (tertiary alicyclic amines) is 1. The Morgan fingerprint density at radius 3 is 2.53 bits per heavy atom. The molecular formula is C12H20N4O. The largest absolute Gasteiger partial charge is 0.392 e. The molecule has 1 N–H and O–H groups in total. The van der Waals surface area contributed by atoms with Crippen molar-refractivity contribution in [1.82, 2.24) is 14.9 Å². The van der Waals surface area contributed by atoms with Crippen molar-refractivity contribution in [2.24, 2.45) is 0 Å². The zero-order chi connectivity index (χ0) is 12.1. The van der Waals surface area contributed by atoms with Crippen molar-refractivity contribution in [3.63, 3.8) is 0 Å². The fourth-order valence-corrected chi connectivity index (χ4v) is 2.02. The van der Waals surface area contributed by atoms with Gasteiger partial charge in [0.15, 0.2) is 0 Å². The molecule has 0 radical (unpaired) electrons. The van der Waals surface area contributed by atoms with Crippen LogP contribution in [0.25, 0.3) is 0 Å². The van der Waals surface area contributed by atoms with Crippen LogP contribution in [0.1, 0.15) is 18.4 Å². The van der Waals surface area contributed by atoms with E-state index in [2.05, 4.69) is 19.8 Å². The maximum atomic E-state index is 8.91. The third-order valence-electron chi connectivity index (χ3n) is 3.17. The van der Waals surface area contributed by atoms with E-state index in [4.69, 9.17) is 5.11 Å². The average Bonchev–Trinajstić information content (AvgIpc) is 2.89. The van der Waals surface area contributed by atoms with Crippen LogP contribution in [0.15, 0.2) is 12.4 Å². The highest BCUT2D eigenvalue weighted by Crippen LogP contribution is 2.08. The molecule has 1 saturated heterocycles. The van der Waals surface area contributed by atoms with E-state index in [9.17, 15) is 0 Å². The monoisotopic (exact) mass is 236 g/mol. The zero-order valence-electron chi connectivity index (χ0n) is 10.3. The second kappa shape index (κ2) is 5.93. The fourth-order valence-electron chi connectivity index (χ4n) is 2.02. The van der Waals surface area contributed by atoms with Gasteiger partial charge in [-0.3, -0.25) is 0 Å². The lowest BCUT2D eigenvalue weighted by molar-refractivity contribution is 0.281. The molecule has 1 aliphatic heterocycles. The molecule has 0 aromatic carbocycles. The van der Waals surface area contributed by atoms with Crippen LogP contribution in [0.4, 0.5) is 5.95 Å². The second-order valence-electron chi connectivity index (χ2n) is 4.52. The Labute approximate surface area is 102 Å². The maximum Gasteiger partial charge on any atom is 0.225 e. The van der Waals surface area contributed by atoms with E-state index in [-0.39, 0.29) is 6.61 Å². The van der Waals surface area contributed by atoms with Gasteiger partial charge in [-0.2, -0.15) is 0 Å². The Balaban J connectivity index is 1.83. The molecule has 0 bridgehead atoms. The molecule has 0 spiro atoms. The molecule has 5 nitrogen and oxygen atoms in total. The minimum atomic E-state index is -0.00221. The molecular weight excluding hydrogens is 216 g/mol. The van der Waals surface area contributed by atoms with Gasteiger partial charge >= 0.3 is 0 Å². The van der Waals surface area contributed by atoms with Gasteiger partial charge in [0.1, 0.15) is 0 Å². The number of rotatable bonds is 5. The quantitative estimate of drug-likeness (QED) is 0.807. The zero-order valence-corrected chi connectivity index (χ0v) is 10.3. The fraction of sp³-hybridized carbons (Fsp3) is 0.667. The number of hydrogen-bond donors (Lipinski definition) is 1. The third-order valence-corrected chi connectivity index (χ3v) is 3.17. The minimum absolute atomic E-state index is 0.00221. The summed E-state index contributed by atoms with van der Waals surface area (Å²) >= 11 is 0. The average molecular weight is 236 g/mol. The van der Waals surface area contributed by atoms with E-state index in [0.717, 1.165) is 24.6 Å². The molecule has 0 amide bonds. The Morgan fingerprint density at radius 1 is 1.29 bits per heavy atom. The molecule has 2 rings (SSSR count). The van der Waals surface area contributed by atoms with Crippen LogP contribution in [0.3, 0.4) is 0 Å². The van der Waals surface area contributed by atoms with Crippen LogP contribution in [0.2, 0.25) is 0 Å². The molecule has 0 unspecified atom stereocenters. The summed E-state index contributed by atoms with van der Waals surface area (Å²) in [5, 5.41) is 8.91. The normalized spacial score (nSPS) is 16.4. The molecule has 0 atom stereocenters. The third kappa shape index (κ3) is 3.38. The van der Waals surface area contributed by atoms with Crippen molar-refractivity contribution < 1.29 is 5.11 Å². The lowest BCUT2D eigenvalue weighted by Gasteiger charge is -2.21. The highest BCUT2D eigenvalue weighted by molar-refractivity contribution is 5.28. The summed E-state index contributed by atoms with van der Waals surface area (Å²) in [4.78, 5) is 13.0. The van der Waals surface area contributed by atoms with E-state index >= 15 is 0 Å². The molecule has 2 heterocycles. The Kier molecular flexibility index (Phi) is 4.28. The van der Waals surface area contributed by atoms with Gasteiger partial charge in [0, 0.05) is 38.1 Å². The molecule has 5 heteroatoms. The van der Waals surface area contributed by atoms with E-state index in [1.54, 1.807) is 12.4 Å². The van der Waals surface area contributed by atoms with Gasteiger partial charge < -0.3 is 14.9 Å². The molecule has 1 fully saturated rings. The van der Waals surface area contributed by atoms with Crippen molar-refractivity contribution in [1.29, 1.82) is 0 Å². The standard InChI is InChI=1S/C12H20N4O/c1-15(6-7-16-4-2-3-5-16)12-13-8-11(10-17)9-14-12/h8-9,17H,2-7,10H2,1H3. The first-order chi connectivity index (χ1) is 8.29. The van der Waals surface area contributed by atoms with Gasteiger partial charge in [-0.15, -0.1) is 0 Å². The number of aliphatic hydroxyl groups is 1. The smallest absolute Gasteiger partial charge is 0.225 e. The van der Waals surface area contributed by atoms with Gasteiger partial charge in [0.2, 0.25) is 5.95 Å². The van der Waals surface area contributed by atoms with E-state index in [0.29, 0.717) is 0 Å². The molecule has 17 heavy (non-hydrogen) atoms. The second-order valence-corrected chi connectivity index (χ2v) is 4.52. The van der Waals surface area contributed by atoms with Crippen molar-refractivity contribution >= 4 is 5.95 Å². The predicted molar refractivity (Wildman–Crippen MR) is 66.9 cm³/mol. The van der Waals surface area contributed by atoms with E-state index in [1.807, 2.05) is 7.05 Å². The highest BCUT2D eigenvalue weighted by Gasteiger charge is 2.12. The van der Waals surface area contributed by atoms with Gasteiger partial charge in [0.05, 0.1) is 6.61 Å². The number of nitrogens with zero attached hydrogens (tertiary/aromatic N) is 4. The molecule has 1 aliphatic rings. The topological polar surface area (TPSA) is 52.5 Å². The molecule has 0 saturated carbocycles. The molecule has 0 aliphatic carbocycles. The van der Waals surface area contributed by atoms with Gasteiger partial charge in [-0.1, -0.05) is 0 Å². The van der Waals surface area contributed by atoms with E-state index in [1.165, 1.54) is 25.9 Å². The number of hydrogen-bond acceptors (Lipinski definition) is 5. The summed E-state index contributed by atoms with van der Waals surface area (Å²) in [6.45, 7) is 4.45. The number of aromatic nitrogens is 2. The molecule has 1 aromatic heterocycles. The Bertz CT molecular complexity index is 335. The predicted octanol–water partition coefficient (Wildman–Crippen LogP) is 0.501. The van der Waals surface area contributed by atoms with Gasteiger partial charge in [-0.05, 0) is 25.9 Å². The van der Waals surface area contributed by atoms with Crippen LogP contribution in [0.5, 0.6) is 0 Å². The lowest BCUT2D eigenvalue weighted by Crippen LogP contribution is -2.32. The summed E-state index contributed by atoms with van der Waals surface area (Å²) in [5.41, 5.74) is 0.752. The van der Waals surface area contributed by atoms with Crippen LogP contribution < -0.4 is 4.90 Å². The highest BCUT2D eigenvalue weighted by atomic mass is 16.3. The van der Waals surface area contributed by atoms with Gasteiger partial charge in [0.25, 0.3) is 0 Å². The molecule has 94 valence electrons. The first-order valence-corrected chi connectivity index (χ1v) is 6.15. The first-order valence-electron chi connectivity index (χ1n) is 6.15. The Morgan fingerprint density at radius 2 is 1.94 bits per heavy atom. The van der Waals surface area contributed by atoms with Gasteiger partial charge in [-0.25, -0.2) is 9.97 Å². The number of anilines is 1. The van der Waals surface area contributed by atoms with Crippen molar-refractivity contribution in [2.75, 3.05) is 38.1 Å². The van der Waals surface area contributed by atoms with Crippen molar-refractivity contribution in [3.8, 4) is 0 Å². The summed E-state index contributed by atoms with van der Waals surface area (Å²) in [7, 11) is 2.00. The van der Waals surface area contributed by atoms with Crippen molar-refractivity contribution in [2.45, 2.75) is 19.4 Å². The summed E-state index contributed by atoms with van der Waals surface area (Å²) in [6, 6.07) is 0. The molecule has 1 aromatic rings. The van der Waals surface area contributed by atoms with Crippen LogP contribution in [-0.4, -0.2) is 53.2 Å².